The number of nitrogens with one attached hydrogen (secondary N) is 2. The van der Waals surface area contributed by atoms with Gasteiger partial charge in [0.05, 0.1) is 52.6 Å². The number of amides is 2. The maximum atomic E-state index is 13.2. The van der Waals surface area contributed by atoms with Gasteiger partial charge in [-0.25, -0.2) is 4.52 Å². The third-order valence-corrected chi connectivity index (χ3v) is 7.95. The van der Waals surface area contributed by atoms with E-state index < -0.39 is 0 Å². The van der Waals surface area contributed by atoms with Crippen LogP contribution in [-0.2, 0) is 11.3 Å². The number of aromatic nitrogens is 5. The van der Waals surface area contributed by atoms with E-state index in [4.69, 9.17) is 0 Å². The van der Waals surface area contributed by atoms with Crippen molar-refractivity contribution in [3.05, 3.63) is 48.3 Å². The first kappa shape index (κ1) is 23.8. The van der Waals surface area contributed by atoms with E-state index in [0.29, 0.717) is 29.2 Å². The fourth-order valence-electron chi connectivity index (χ4n) is 4.83. The Balaban J connectivity index is 1.14. The molecule has 0 spiro atoms. The van der Waals surface area contributed by atoms with Crippen molar-refractivity contribution in [3.63, 3.8) is 0 Å². The van der Waals surface area contributed by atoms with Crippen LogP contribution in [0.25, 0.3) is 15.3 Å². The van der Waals surface area contributed by atoms with E-state index >= 15 is 0 Å². The summed E-state index contributed by atoms with van der Waals surface area (Å²) in [5.41, 5.74) is 3.53. The van der Waals surface area contributed by atoms with Gasteiger partial charge in [0.25, 0.3) is 5.91 Å². The summed E-state index contributed by atoms with van der Waals surface area (Å²) in [5.74, 6) is 0.383. The van der Waals surface area contributed by atoms with Gasteiger partial charge in [-0.15, -0.1) is 11.3 Å². The van der Waals surface area contributed by atoms with Gasteiger partial charge in [-0.2, -0.15) is 10.2 Å². The van der Waals surface area contributed by atoms with Crippen LogP contribution in [0.3, 0.4) is 0 Å². The van der Waals surface area contributed by atoms with E-state index in [-0.39, 0.29) is 17.2 Å². The molecule has 0 radical (unpaired) electrons. The Hall–Kier alpha value is -3.57. The van der Waals surface area contributed by atoms with Crippen LogP contribution in [0.1, 0.15) is 42.7 Å². The number of rotatable bonds is 8. The minimum absolute atomic E-state index is 0.0941. The van der Waals surface area contributed by atoms with Gasteiger partial charge in [0.1, 0.15) is 4.83 Å². The number of thiazole rings is 1. The second-order valence-electron chi connectivity index (χ2n) is 11.0. The first-order valence-corrected chi connectivity index (χ1v) is 13.3. The molecule has 0 unspecified atom stereocenters. The maximum Gasteiger partial charge on any atom is 0.260 e. The van der Waals surface area contributed by atoms with Crippen molar-refractivity contribution >= 4 is 39.4 Å². The lowest BCUT2D eigenvalue weighted by Gasteiger charge is -2.45. The van der Waals surface area contributed by atoms with Gasteiger partial charge in [0.2, 0.25) is 5.91 Å². The molecule has 1 aliphatic carbocycles. The number of aryl methyl sites for hydroxylation is 1. The van der Waals surface area contributed by atoms with Crippen LogP contribution in [0.5, 0.6) is 0 Å². The maximum absolute atomic E-state index is 13.2. The summed E-state index contributed by atoms with van der Waals surface area (Å²) in [7, 11) is 0. The number of anilines is 2. The van der Waals surface area contributed by atoms with Crippen molar-refractivity contribution in [1.82, 2.24) is 29.3 Å². The van der Waals surface area contributed by atoms with Crippen molar-refractivity contribution < 1.29 is 9.59 Å². The smallest absolute Gasteiger partial charge is 0.260 e. The Kier molecular flexibility index (Phi) is 5.84. The number of pyridine rings is 1. The van der Waals surface area contributed by atoms with Crippen molar-refractivity contribution in [2.75, 3.05) is 30.3 Å². The predicted octanol–water partition coefficient (Wildman–Crippen LogP) is 3.91. The monoisotopic (exact) mass is 518 g/mol. The lowest BCUT2D eigenvalue weighted by atomic mass is 9.84. The van der Waals surface area contributed by atoms with E-state index in [9.17, 15) is 9.59 Å². The van der Waals surface area contributed by atoms with Crippen molar-refractivity contribution in [2.24, 2.45) is 11.3 Å². The van der Waals surface area contributed by atoms with E-state index in [1.54, 1.807) is 23.0 Å². The number of nitrogens with zero attached hydrogens (tertiary/aromatic N) is 6. The first-order chi connectivity index (χ1) is 17.7. The molecule has 37 heavy (non-hydrogen) atoms. The highest BCUT2D eigenvalue weighted by molar-refractivity contribution is 7.21. The molecule has 2 aliphatic rings. The van der Waals surface area contributed by atoms with Crippen molar-refractivity contribution in [2.45, 2.75) is 40.2 Å². The Morgan fingerprint density at radius 2 is 1.92 bits per heavy atom. The molecule has 0 bridgehead atoms. The van der Waals surface area contributed by atoms with Gasteiger partial charge in [-0.05, 0) is 37.2 Å². The number of hydrogen-bond donors (Lipinski definition) is 2. The normalized spacial score (nSPS) is 17.1. The third kappa shape index (κ3) is 5.14. The molecule has 4 aromatic heterocycles. The zero-order valence-corrected chi connectivity index (χ0v) is 22.0. The van der Waals surface area contributed by atoms with Crippen LogP contribution >= 0.6 is 11.3 Å². The molecule has 1 saturated carbocycles. The standard InChI is InChI=1S/C26H30N8O2S/c1-16-21(6-19(8-27-16)30-23(35)13-32-14-26(2,3)15-32)31-24(36)20-9-29-34-12-22(37-25(20)34)18-7-28-33(11-18)10-17-4-5-17/h6-9,11-12,17H,4-5,10,13-15H2,1-3H3,(H,30,35)(H,31,36). The molecule has 192 valence electrons. The zero-order valence-electron chi connectivity index (χ0n) is 21.2. The highest BCUT2D eigenvalue weighted by Gasteiger charge is 2.34. The number of hydrogen-bond acceptors (Lipinski definition) is 7. The highest BCUT2D eigenvalue weighted by Crippen LogP contribution is 2.33. The minimum Gasteiger partial charge on any atom is -0.324 e. The molecule has 10 nitrogen and oxygen atoms in total. The van der Waals surface area contributed by atoms with Crippen LogP contribution in [-0.4, -0.2) is 60.7 Å². The summed E-state index contributed by atoms with van der Waals surface area (Å²) in [6.45, 7) is 9.31. The molecule has 4 aromatic rings. The molecular weight excluding hydrogens is 488 g/mol. The Morgan fingerprint density at radius 3 is 2.68 bits per heavy atom. The van der Waals surface area contributed by atoms with Gasteiger partial charge >= 0.3 is 0 Å². The van der Waals surface area contributed by atoms with Crippen LogP contribution in [0, 0.1) is 18.3 Å². The number of carbonyl (C=O) groups is 2. The lowest BCUT2D eigenvalue weighted by molar-refractivity contribution is -0.120. The molecule has 0 atom stereocenters. The predicted molar refractivity (Wildman–Crippen MR) is 143 cm³/mol. The van der Waals surface area contributed by atoms with Gasteiger partial charge in [-0.1, -0.05) is 13.8 Å². The van der Waals surface area contributed by atoms with E-state index in [1.165, 1.54) is 24.2 Å². The minimum atomic E-state index is -0.274. The van der Waals surface area contributed by atoms with Gasteiger partial charge in [0.15, 0.2) is 0 Å². The quantitative estimate of drug-likeness (QED) is 0.366. The van der Waals surface area contributed by atoms with Crippen LogP contribution in [0.2, 0.25) is 0 Å². The van der Waals surface area contributed by atoms with Gasteiger partial charge in [-0.3, -0.25) is 24.2 Å². The molecule has 0 aromatic carbocycles. The average molecular weight is 519 g/mol. The fraction of sp³-hybridized carbons (Fsp3) is 0.423. The molecule has 2 amide bonds. The van der Waals surface area contributed by atoms with Crippen molar-refractivity contribution in [3.8, 4) is 10.4 Å². The molecule has 1 saturated heterocycles. The summed E-state index contributed by atoms with van der Waals surface area (Å²) in [5, 5.41) is 14.7. The average Bonchev–Trinajstić information content (AvgIpc) is 3.17. The fourth-order valence-corrected chi connectivity index (χ4v) is 5.86. The summed E-state index contributed by atoms with van der Waals surface area (Å²) < 4.78 is 3.72. The van der Waals surface area contributed by atoms with Crippen LogP contribution in [0.15, 0.2) is 37.1 Å². The molecule has 5 heterocycles. The summed E-state index contributed by atoms with van der Waals surface area (Å²) in [4.78, 5) is 33.9. The van der Waals surface area contributed by atoms with E-state index in [0.717, 1.165) is 40.8 Å². The third-order valence-electron chi connectivity index (χ3n) is 6.79. The topological polar surface area (TPSA) is 109 Å². The summed E-state index contributed by atoms with van der Waals surface area (Å²) in [6, 6.07) is 1.74. The second kappa shape index (κ2) is 9.07. The van der Waals surface area contributed by atoms with Gasteiger partial charge in [0, 0.05) is 37.6 Å². The van der Waals surface area contributed by atoms with E-state index in [1.807, 2.05) is 24.0 Å². The van der Waals surface area contributed by atoms with Crippen LogP contribution < -0.4 is 10.6 Å². The van der Waals surface area contributed by atoms with Crippen molar-refractivity contribution in [1.29, 1.82) is 0 Å². The molecule has 2 fully saturated rings. The lowest BCUT2D eigenvalue weighted by Crippen LogP contribution is -2.54. The molecule has 2 N–H and O–H groups in total. The Labute approximate surface area is 218 Å². The first-order valence-electron chi connectivity index (χ1n) is 12.5. The van der Waals surface area contributed by atoms with Crippen LogP contribution in [0.4, 0.5) is 11.4 Å². The molecular formula is C26H30N8O2S. The number of likely N-dealkylation sites (tertiary alicyclic amines) is 1. The molecule has 11 heteroatoms. The second-order valence-corrected chi connectivity index (χ2v) is 12.0. The zero-order chi connectivity index (χ0) is 25.7. The Morgan fingerprint density at radius 1 is 1.11 bits per heavy atom. The number of carbonyl (C=O) groups excluding carboxylic acids is 2. The Bertz CT molecular complexity index is 1490. The SMILES string of the molecule is Cc1ncc(NC(=O)CN2CC(C)(C)C2)cc1NC(=O)c1cnn2cc(-c3cnn(CC4CC4)c3)sc12. The highest BCUT2D eigenvalue weighted by atomic mass is 32.1. The number of fused-ring (bicyclic) bond motifs is 1. The van der Waals surface area contributed by atoms with Gasteiger partial charge < -0.3 is 10.6 Å². The van der Waals surface area contributed by atoms with E-state index in [2.05, 4.69) is 50.8 Å². The largest absolute Gasteiger partial charge is 0.324 e. The molecule has 1 aliphatic heterocycles. The summed E-state index contributed by atoms with van der Waals surface area (Å²) >= 11 is 1.51. The molecule has 6 rings (SSSR count). The summed E-state index contributed by atoms with van der Waals surface area (Å²) in [6.07, 6.45) is 11.6.